The molecule has 0 aromatic rings. The summed E-state index contributed by atoms with van der Waals surface area (Å²) in [4.78, 5) is 0. The quantitative estimate of drug-likeness (QED) is 0.490. The lowest BCUT2D eigenvalue weighted by atomic mass is 9.79. The Morgan fingerprint density at radius 1 is 0.708 bits per heavy atom. The second-order valence-corrected chi connectivity index (χ2v) is 8.50. The summed E-state index contributed by atoms with van der Waals surface area (Å²) in [5.41, 5.74) is 0. The van der Waals surface area contributed by atoms with Crippen LogP contribution in [-0.4, -0.2) is 0 Å². The number of hydrogen-bond donors (Lipinski definition) is 0. The molecule has 2 fully saturated rings. The van der Waals surface area contributed by atoms with Gasteiger partial charge in [-0.05, 0) is 67.1 Å². The molecule has 0 heteroatoms. The molecule has 0 aromatic carbocycles. The van der Waals surface area contributed by atoms with Gasteiger partial charge < -0.3 is 0 Å². The first-order chi connectivity index (χ1) is 11.9. The minimum Gasteiger partial charge on any atom is -0.103 e. The molecular weight excluding hydrogens is 288 g/mol. The molecular formula is C24H32. The summed E-state index contributed by atoms with van der Waals surface area (Å²) in [6.45, 7) is 3.88. The van der Waals surface area contributed by atoms with Gasteiger partial charge >= 0.3 is 0 Å². The molecule has 6 atom stereocenters. The van der Waals surface area contributed by atoms with E-state index in [4.69, 9.17) is 0 Å². The summed E-state index contributed by atoms with van der Waals surface area (Å²) in [6, 6.07) is 0. The summed E-state index contributed by atoms with van der Waals surface area (Å²) in [6.07, 6.45) is 31.1. The Bertz CT molecular complexity index is 527. The first-order valence-corrected chi connectivity index (χ1v) is 10.2. The van der Waals surface area contributed by atoms with Gasteiger partial charge in [0, 0.05) is 0 Å². The van der Waals surface area contributed by atoms with Gasteiger partial charge in [-0.3, -0.25) is 0 Å². The molecule has 0 aromatic heterocycles. The molecule has 4 aliphatic rings. The van der Waals surface area contributed by atoms with Gasteiger partial charge in [0.25, 0.3) is 0 Å². The second-order valence-electron chi connectivity index (χ2n) is 8.50. The Morgan fingerprint density at radius 3 is 1.83 bits per heavy atom. The SMILES string of the molecule is C=CCCC1CCC(CCC2C3C=CC=CC3C3C=CC=CC32)C1. The summed E-state index contributed by atoms with van der Waals surface area (Å²) < 4.78 is 0. The van der Waals surface area contributed by atoms with E-state index in [0.717, 1.165) is 41.4 Å². The van der Waals surface area contributed by atoms with Crippen molar-refractivity contribution in [1.29, 1.82) is 0 Å². The standard InChI is InChI=1S/C24H32/c1-2-3-8-18-13-14-19(17-18)15-16-24-22-11-6-4-9-20(22)21-10-5-7-12-23(21)24/h2,4-7,9-12,18-24H,1,3,8,13-17H2. The highest BCUT2D eigenvalue weighted by atomic mass is 14.5. The third-order valence-corrected chi connectivity index (χ3v) is 7.21. The van der Waals surface area contributed by atoms with E-state index in [0.29, 0.717) is 0 Å². The van der Waals surface area contributed by atoms with Gasteiger partial charge in [-0.2, -0.15) is 0 Å². The first-order valence-electron chi connectivity index (χ1n) is 10.2. The third kappa shape index (κ3) is 3.13. The van der Waals surface area contributed by atoms with Crippen molar-refractivity contribution < 1.29 is 0 Å². The number of allylic oxidation sites excluding steroid dienone is 9. The molecule has 0 bridgehead atoms. The lowest BCUT2D eigenvalue weighted by Gasteiger charge is -2.25. The lowest BCUT2D eigenvalue weighted by Crippen LogP contribution is -2.17. The maximum absolute atomic E-state index is 3.88. The average molecular weight is 321 g/mol. The fourth-order valence-corrected chi connectivity index (χ4v) is 6.04. The number of fused-ring (bicyclic) bond motifs is 3. The predicted molar refractivity (Wildman–Crippen MR) is 104 cm³/mol. The van der Waals surface area contributed by atoms with Crippen LogP contribution >= 0.6 is 0 Å². The Kier molecular flexibility index (Phi) is 4.92. The molecule has 0 radical (unpaired) electrons. The van der Waals surface area contributed by atoms with Gasteiger partial charge in [0.05, 0.1) is 0 Å². The van der Waals surface area contributed by atoms with Crippen LogP contribution in [0.1, 0.15) is 44.9 Å². The van der Waals surface area contributed by atoms with Crippen LogP contribution in [0.3, 0.4) is 0 Å². The van der Waals surface area contributed by atoms with E-state index >= 15 is 0 Å². The van der Waals surface area contributed by atoms with Crippen molar-refractivity contribution in [2.24, 2.45) is 41.4 Å². The van der Waals surface area contributed by atoms with E-state index < -0.39 is 0 Å². The normalized spacial score (nSPS) is 42.2. The average Bonchev–Trinajstić information content (AvgIpc) is 3.21. The molecule has 0 aliphatic heterocycles. The van der Waals surface area contributed by atoms with Crippen molar-refractivity contribution in [2.45, 2.75) is 44.9 Å². The molecule has 128 valence electrons. The number of hydrogen-bond acceptors (Lipinski definition) is 0. The molecule has 6 unspecified atom stereocenters. The molecule has 0 heterocycles. The van der Waals surface area contributed by atoms with Gasteiger partial charge in [-0.25, -0.2) is 0 Å². The van der Waals surface area contributed by atoms with Gasteiger partial charge in [0.15, 0.2) is 0 Å². The zero-order valence-electron chi connectivity index (χ0n) is 14.9. The van der Waals surface area contributed by atoms with Crippen LogP contribution in [0.2, 0.25) is 0 Å². The summed E-state index contributed by atoms with van der Waals surface area (Å²) >= 11 is 0. The van der Waals surface area contributed by atoms with Crippen LogP contribution in [0.25, 0.3) is 0 Å². The van der Waals surface area contributed by atoms with Gasteiger partial charge in [-0.15, -0.1) is 6.58 Å². The Hall–Kier alpha value is -1.30. The van der Waals surface area contributed by atoms with E-state index in [9.17, 15) is 0 Å². The van der Waals surface area contributed by atoms with E-state index in [-0.39, 0.29) is 0 Å². The van der Waals surface area contributed by atoms with E-state index in [1.54, 1.807) is 0 Å². The zero-order valence-corrected chi connectivity index (χ0v) is 14.9. The van der Waals surface area contributed by atoms with Crippen LogP contribution in [0.4, 0.5) is 0 Å². The van der Waals surface area contributed by atoms with Crippen LogP contribution in [0.5, 0.6) is 0 Å². The molecule has 0 nitrogen and oxygen atoms in total. The maximum atomic E-state index is 3.88. The molecule has 24 heavy (non-hydrogen) atoms. The molecule has 0 spiro atoms. The second kappa shape index (κ2) is 7.30. The highest BCUT2D eigenvalue weighted by molar-refractivity contribution is 5.28. The fraction of sp³-hybridized carbons (Fsp3) is 0.583. The van der Waals surface area contributed by atoms with Crippen LogP contribution in [-0.2, 0) is 0 Å². The van der Waals surface area contributed by atoms with Gasteiger partial charge in [0.2, 0.25) is 0 Å². The van der Waals surface area contributed by atoms with Crippen LogP contribution < -0.4 is 0 Å². The predicted octanol–water partition coefficient (Wildman–Crippen LogP) is 6.50. The van der Waals surface area contributed by atoms with Gasteiger partial charge in [-0.1, -0.05) is 73.9 Å². The van der Waals surface area contributed by atoms with E-state index in [1.807, 2.05) is 0 Å². The van der Waals surface area contributed by atoms with E-state index in [1.165, 1.54) is 44.9 Å². The molecule has 0 amide bonds. The topological polar surface area (TPSA) is 0 Å². The Labute approximate surface area is 148 Å². The smallest absolute Gasteiger partial charge is 0.00956 e. The van der Waals surface area contributed by atoms with Crippen molar-refractivity contribution in [2.75, 3.05) is 0 Å². The molecule has 0 saturated heterocycles. The van der Waals surface area contributed by atoms with E-state index in [2.05, 4.69) is 61.3 Å². The molecule has 4 aliphatic carbocycles. The van der Waals surface area contributed by atoms with Crippen molar-refractivity contribution in [1.82, 2.24) is 0 Å². The molecule has 4 rings (SSSR count). The number of rotatable bonds is 6. The summed E-state index contributed by atoms with van der Waals surface area (Å²) in [7, 11) is 0. The third-order valence-electron chi connectivity index (χ3n) is 7.21. The lowest BCUT2D eigenvalue weighted by molar-refractivity contribution is 0.309. The molecule has 2 saturated carbocycles. The first kappa shape index (κ1) is 16.2. The summed E-state index contributed by atoms with van der Waals surface area (Å²) in [5, 5.41) is 0. The van der Waals surface area contributed by atoms with Crippen molar-refractivity contribution >= 4 is 0 Å². The van der Waals surface area contributed by atoms with Crippen LogP contribution in [0, 0.1) is 41.4 Å². The minimum absolute atomic E-state index is 0.745. The van der Waals surface area contributed by atoms with Gasteiger partial charge in [0.1, 0.15) is 0 Å². The van der Waals surface area contributed by atoms with Crippen molar-refractivity contribution in [3.8, 4) is 0 Å². The monoisotopic (exact) mass is 320 g/mol. The Morgan fingerprint density at radius 2 is 1.25 bits per heavy atom. The highest BCUT2D eigenvalue weighted by Gasteiger charge is 2.46. The van der Waals surface area contributed by atoms with Crippen LogP contribution in [0.15, 0.2) is 61.3 Å². The highest BCUT2D eigenvalue weighted by Crippen LogP contribution is 2.53. The fourth-order valence-electron chi connectivity index (χ4n) is 6.04. The molecule has 0 N–H and O–H groups in total. The Balaban J connectivity index is 1.37. The maximum Gasteiger partial charge on any atom is -0.00956 e. The van der Waals surface area contributed by atoms with Crippen molar-refractivity contribution in [3.63, 3.8) is 0 Å². The zero-order chi connectivity index (χ0) is 16.4. The summed E-state index contributed by atoms with van der Waals surface area (Å²) in [5.74, 6) is 5.86. The minimum atomic E-state index is 0.745. The largest absolute Gasteiger partial charge is 0.103 e. The van der Waals surface area contributed by atoms with Crippen molar-refractivity contribution in [3.05, 3.63) is 61.3 Å².